The molecule has 11 heavy (non-hydrogen) atoms. The summed E-state index contributed by atoms with van der Waals surface area (Å²) in [5.74, 6) is -1.01. The molecule has 0 saturated carbocycles. The van der Waals surface area contributed by atoms with Gasteiger partial charge >= 0.3 is 12.1 Å². The Morgan fingerprint density at radius 2 is 2.00 bits per heavy atom. The Balaban J connectivity index is 3.24. The van der Waals surface area contributed by atoms with E-state index in [4.69, 9.17) is 5.11 Å². The first-order valence-corrected chi connectivity index (χ1v) is 3.18. The molecule has 0 unspecified atom stereocenters. The first-order chi connectivity index (χ1) is 5.16. The summed E-state index contributed by atoms with van der Waals surface area (Å²) < 4.78 is 8.72. The summed E-state index contributed by atoms with van der Waals surface area (Å²) >= 11 is 0. The molecular formula is C6H10O5. The molecule has 0 aliphatic rings. The number of aliphatic carboxylic acids is 1. The van der Waals surface area contributed by atoms with E-state index < -0.39 is 12.1 Å². The van der Waals surface area contributed by atoms with E-state index in [-0.39, 0.29) is 19.6 Å². The van der Waals surface area contributed by atoms with Crippen molar-refractivity contribution >= 4 is 12.1 Å². The smallest absolute Gasteiger partial charge is 0.481 e. The van der Waals surface area contributed by atoms with Crippen LogP contribution in [0.4, 0.5) is 4.79 Å². The second-order valence-electron chi connectivity index (χ2n) is 1.68. The van der Waals surface area contributed by atoms with E-state index in [9.17, 15) is 9.59 Å². The summed E-state index contributed by atoms with van der Waals surface area (Å²) in [4.78, 5) is 20.3. The second-order valence-corrected chi connectivity index (χ2v) is 1.68. The van der Waals surface area contributed by atoms with E-state index in [0.717, 1.165) is 0 Å². The molecule has 0 fully saturated rings. The highest BCUT2D eigenvalue weighted by molar-refractivity contribution is 5.67. The Morgan fingerprint density at radius 1 is 1.36 bits per heavy atom. The van der Waals surface area contributed by atoms with Crippen LogP contribution in [0.15, 0.2) is 0 Å². The van der Waals surface area contributed by atoms with E-state index >= 15 is 0 Å². The van der Waals surface area contributed by atoms with E-state index in [2.05, 4.69) is 9.47 Å². The van der Waals surface area contributed by atoms with Crippen LogP contribution in [0.2, 0.25) is 0 Å². The highest BCUT2D eigenvalue weighted by Gasteiger charge is 2.03. The molecule has 0 aliphatic heterocycles. The Bertz CT molecular complexity index is 142. The number of carbonyl (C=O) groups excluding carboxylic acids is 1. The van der Waals surface area contributed by atoms with Gasteiger partial charge in [-0.2, -0.15) is 0 Å². The highest BCUT2D eigenvalue weighted by atomic mass is 16.7. The number of ether oxygens (including phenoxy) is 2. The maximum absolute atomic E-state index is 10.4. The van der Waals surface area contributed by atoms with Gasteiger partial charge in [-0.1, -0.05) is 0 Å². The largest absolute Gasteiger partial charge is 0.508 e. The summed E-state index contributed by atoms with van der Waals surface area (Å²) in [6.07, 6.45) is -1.02. The van der Waals surface area contributed by atoms with E-state index in [0.29, 0.717) is 0 Å². The molecule has 5 heteroatoms. The molecule has 1 N–H and O–H groups in total. The van der Waals surface area contributed by atoms with Crippen LogP contribution in [-0.2, 0) is 14.3 Å². The van der Waals surface area contributed by atoms with Gasteiger partial charge in [-0.15, -0.1) is 0 Å². The van der Waals surface area contributed by atoms with Crippen molar-refractivity contribution in [2.75, 3.05) is 13.2 Å². The van der Waals surface area contributed by atoms with E-state index in [1.807, 2.05) is 0 Å². The lowest BCUT2D eigenvalue weighted by molar-refractivity contribution is -0.137. The quantitative estimate of drug-likeness (QED) is 0.614. The monoisotopic (exact) mass is 162 g/mol. The molecule has 0 rings (SSSR count). The third-order valence-electron chi connectivity index (χ3n) is 0.798. The molecule has 64 valence electrons. The molecular weight excluding hydrogens is 152 g/mol. The molecule has 0 aromatic carbocycles. The van der Waals surface area contributed by atoms with Crippen LogP contribution in [0.25, 0.3) is 0 Å². The van der Waals surface area contributed by atoms with Gasteiger partial charge in [0.25, 0.3) is 0 Å². The molecule has 0 radical (unpaired) electrons. The van der Waals surface area contributed by atoms with E-state index in [1.165, 1.54) is 0 Å². The SMILES string of the molecule is CCOC(=O)OCCC(=O)O. The fourth-order valence-electron chi connectivity index (χ4n) is 0.381. The maximum atomic E-state index is 10.4. The standard InChI is InChI=1S/C6H10O5/c1-2-10-6(9)11-4-3-5(7)8/h2-4H2,1H3,(H,7,8). The number of carboxylic acid groups (broad SMARTS) is 1. The second kappa shape index (κ2) is 5.52. The molecule has 5 nitrogen and oxygen atoms in total. The van der Waals surface area contributed by atoms with Crippen LogP contribution in [0, 0.1) is 0 Å². The zero-order valence-electron chi connectivity index (χ0n) is 6.20. The molecule has 0 spiro atoms. The van der Waals surface area contributed by atoms with Crippen molar-refractivity contribution in [3.05, 3.63) is 0 Å². The van der Waals surface area contributed by atoms with Crippen LogP contribution in [0.1, 0.15) is 13.3 Å². The first-order valence-electron chi connectivity index (χ1n) is 3.18. The van der Waals surface area contributed by atoms with Crippen molar-refractivity contribution in [1.82, 2.24) is 0 Å². The van der Waals surface area contributed by atoms with Gasteiger partial charge in [0.2, 0.25) is 0 Å². The molecule has 0 atom stereocenters. The summed E-state index contributed by atoms with van der Waals surface area (Å²) in [5, 5.41) is 8.12. The Hall–Kier alpha value is -1.26. The van der Waals surface area contributed by atoms with E-state index in [1.54, 1.807) is 6.92 Å². The molecule has 0 aromatic rings. The minimum atomic E-state index is -1.01. The van der Waals surface area contributed by atoms with Gasteiger partial charge in [0.1, 0.15) is 6.61 Å². The zero-order chi connectivity index (χ0) is 8.69. The zero-order valence-corrected chi connectivity index (χ0v) is 6.20. The first kappa shape index (κ1) is 9.74. The van der Waals surface area contributed by atoms with Crippen molar-refractivity contribution in [3.63, 3.8) is 0 Å². The third kappa shape index (κ3) is 6.63. The van der Waals surface area contributed by atoms with Gasteiger partial charge in [0.15, 0.2) is 0 Å². The molecule has 0 aromatic heterocycles. The van der Waals surface area contributed by atoms with Crippen LogP contribution < -0.4 is 0 Å². The van der Waals surface area contributed by atoms with Gasteiger partial charge in [0, 0.05) is 0 Å². The van der Waals surface area contributed by atoms with Crippen LogP contribution in [-0.4, -0.2) is 30.4 Å². The summed E-state index contributed by atoms with van der Waals surface area (Å²) in [7, 11) is 0. The predicted molar refractivity (Wildman–Crippen MR) is 35.2 cm³/mol. The normalized spacial score (nSPS) is 8.82. The topological polar surface area (TPSA) is 72.8 Å². The van der Waals surface area contributed by atoms with Crippen molar-refractivity contribution in [2.45, 2.75) is 13.3 Å². The predicted octanol–water partition coefficient (Wildman–Crippen LogP) is 0.634. The van der Waals surface area contributed by atoms with Crippen molar-refractivity contribution in [2.24, 2.45) is 0 Å². The van der Waals surface area contributed by atoms with Crippen molar-refractivity contribution in [1.29, 1.82) is 0 Å². The van der Waals surface area contributed by atoms with Gasteiger partial charge in [0.05, 0.1) is 13.0 Å². The van der Waals surface area contributed by atoms with Crippen molar-refractivity contribution < 1.29 is 24.2 Å². The fraction of sp³-hybridized carbons (Fsp3) is 0.667. The number of hydrogen-bond donors (Lipinski definition) is 1. The minimum absolute atomic E-state index is 0.145. The average Bonchev–Trinajstić information content (AvgIpc) is 1.87. The number of carboxylic acids is 1. The molecule has 0 saturated heterocycles. The lowest BCUT2D eigenvalue weighted by atomic mass is 10.5. The van der Waals surface area contributed by atoms with Gasteiger partial charge in [-0.25, -0.2) is 4.79 Å². The van der Waals surface area contributed by atoms with Crippen LogP contribution >= 0.6 is 0 Å². The highest BCUT2D eigenvalue weighted by Crippen LogP contribution is 1.87. The number of hydrogen-bond acceptors (Lipinski definition) is 4. The summed E-state index contributed by atoms with van der Waals surface area (Å²) in [6, 6.07) is 0. The molecule has 0 bridgehead atoms. The summed E-state index contributed by atoms with van der Waals surface area (Å²) in [5.41, 5.74) is 0. The number of rotatable bonds is 4. The fourth-order valence-corrected chi connectivity index (χ4v) is 0.381. The minimum Gasteiger partial charge on any atom is -0.481 e. The van der Waals surface area contributed by atoms with Gasteiger partial charge < -0.3 is 14.6 Å². The lowest BCUT2D eigenvalue weighted by Gasteiger charge is -2.01. The maximum Gasteiger partial charge on any atom is 0.508 e. The lowest BCUT2D eigenvalue weighted by Crippen LogP contribution is -2.10. The van der Waals surface area contributed by atoms with Crippen LogP contribution in [0.5, 0.6) is 0 Å². The third-order valence-corrected chi connectivity index (χ3v) is 0.798. The number of carbonyl (C=O) groups is 2. The van der Waals surface area contributed by atoms with Crippen molar-refractivity contribution in [3.8, 4) is 0 Å². The Labute approximate surface area is 63.9 Å². The average molecular weight is 162 g/mol. The van der Waals surface area contributed by atoms with Gasteiger partial charge in [-0.05, 0) is 6.92 Å². The van der Waals surface area contributed by atoms with Gasteiger partial charge in [-0.3, -0.25) is 4.79 Å². The molecule has 0 amide bonds. The van der Waals surface area contributed by atoms with Crippen LogP contribution in [0.3, 0.4) is 0 Å². The molecule has 0 aliphatic carbocycles. The Morgan fingerprint density at radius 3 is 2.45 bits per heavy atom. The Kier molecular flexibility index (Phi) is 4.89. The molecule has 0 heterocycles. The summed E-state index contributed by atoms with van der Waals surface area (Å²) in [6.45, 7) is 1.72.